The number of benzene rings is 2. The molecule has 0 bridgehead atoms. The van der Waals surface area contributed by atoms with Gasteiger partial charge in [0.1, 0.15) is 17.4 Å². The fraction of sp³-hybridized carbons (Fsp3) is 0.423. The van der Waals surface area contributed by atoms with Crippen LogP contribution in [0.15, 0.2) is 36.4 Å². The zero-order chi connectivity index (χ0) is 25.3. The van der Waals surface area contributed by atoms with Crippen molar-refractivity contribution >= 4 is 22.6 Å². The van der Waals surface area contributed by atoms with Crippen molar-refractivity contribution in [2.45, 2.75) is 51.7 Å². The molecule has 0 aliphatic carbocycles. The van der Waals surface area contributed by atoms with Crippen molar-refractivity contribution in [1.29, 1.82) is 0 Å². The zero-order valence-corrected chi connectivity index (χ0v) is 20.2. The summed E-state index contributed by atoms with van der Waals surface area (Å²) >= 11 is 0. The number of alkyl halides is 3. The number of nitrogens with one attached hydrogen (secondary N) is 1. The molecular weight excluding hydrogens is 457 g/mol. The number of fused-ring (bicyclic) bond motifs is 1. The van der Waals surface area contributed by atoms with Gasteiger partial charge in [-0.25, -0.2) is 9.97 Å². The number of ether oxygens (including phenoxy) is 1. The van der Waals surface area contributed by atoms with Crippen LogP contribution in [0.1, 0.15) is 61.2 Å². The van der Waals surface area contributed by atoms with Crippen LogP contribution in [0.3, 0.4) is 0 Å². The summed E-state index contributed by atoms with van der Waals surface area (Å²) in [4.78, 5) is 22.7. The van der Waals surface area contributed by atoms with Crippen molar-refractivity contribution in [3.05, 3.63) is 58.9 Å². The van der Waals surface area contributed by atoms with Gasteiger partial charge in [-0.15, -0.1) is 0 Å². The number of aryl methyl sites for hydroxylation is 1. The van der Waals surface area contributed by atoms with Gasteiger partial charge in [0.05, 0.1) is 18.2 Å². The number of methoxy groups -OCH3 is 1. The predicted molar refractivity (Wildman–Crippen MR) is 129 cm³/mol. The molecule has 1 atom stereocenters. The van der Waals surface area contributed by atoms with Crippen LogP contribution >= 0.6 is 0 Å². The van der Waals surface area contributed by atoms with Crippen molar-refractivity contribution in [2.24, 2.45) is 0 Å². The van der Waals surface area contributed by atoms with Gasteiger partial charge in [0.25, 0.3) is 0 Å². The number of likely N-dealkylation sites (tertiary alicyclic amines) is 1. The molecule has 3 aromatic rings. The number of aromatic nitrogens is 2. The van der Waals surface area contributed by atoms with Crippen molar-refractivity contribution in [2.75, 3.05) is 25.5 Å². The quantitative estimate of drug-likeness (QED) is 0.489. The zero-order valence-electron chi connectivity index (χ0n) is 20.2. The number of carbonyl (C=O) groups excluding carboxylic acids is 1. The third kappa shape index (κ3) is 5.33. The van der Waals surface area contributed by atoms with Crippen molar-refractivity contribution in [3.8, 4) is 5.75 Å². The number of anilines is 1. The highest BCUT2D eigenvalue weighted by molar-refractivity contribution is 5.91. The molecule has 1 aromatic heterocycles. The monoisotopic (exact) mass is 486 g/mol. The average molecular weight is 487 g/mol. The minimum atomic E-state index is -4.41. The lowest BCUT2D eigenvalue weighted by atomic mass is 9.88. The Morgan fingerprint density at radius 1 is 1.17 bits per heavy atom. The van der Waals surface area contributed by atoms with Crippen LogP contribution in [0.25, 0.3) is 10.9 Å². The summed E-state index contributed by atoms with van der Waals surface area (Å²) in [5.41, 5.74) is 1.54. The second-order valence-corrected chi connectivity index (χ2v) is 9.00. The van der Waals surface area contributed by atoms with E-state index in [2.05, 4.69) is 15.3 Å². The van der Waals surface area contributed by atoms with E-state index >= 15 is 0 Å². The third-order valence-electron chi connectivity index (χ3n) is 6.61. The Hall–Kier alpha value is -3.36. The topological polar surface area (TPSA) is 67.4 Å². The smallest absolute Gasteiger partial charge is 0.416 e. The molecule has 1 fully saturated rings. The molecule has 1 saturated heterocycles. The number of piperidine rings is 1. The van der Waals surface area contributed by atoms with E-state index in [0.29, 0.717) is 35.8 Å². The molecule has 186 valence electrons. The summed E-state index contributed by atoms with van der Waals surface area (Å²) in [5, 5.41) is 4.08. The lowest BCUT2D eigenvalue weighted by molar-refractivity contribution is -0.137. The Kier molecular flexibility index (Phi) is 6.87. The molecule has 1 N–H and O–H groups in total. The standard InChI is InChI=1S/C26H29F3N4O2/c1-15(19-6-5-7-20(12-19)26(27,28)29)30-25-22-13-21(18-8-10-33(11-9-18)17(3)34)24(35-4)14-23(22)31-16(2)32-25/h5-7,12-15,18H,8-11H2,1-4H3,(H,30,31,32)/t15-/m1/s1. The molecule has 0 radical (unpaired) electrons. The van der Waals surface area contributed by atoms with Gasteiger partial charge < -0.3 is 15.0 Å². The highest BCUT2D eigenvalue weighted by Crippen LogP contribution is 2.39. The van der Waals surface area contributed by atoms with E-state index in [1.165, 1.54) is 6.07 Å². The van der Waals surface area contributed by atoms with E-state index in [9.17, 15) is 18.0 Å². The summed E-state index contributed by atoms with van der Waals surface area (Å²) in [6.45, 7) is 6.53. The van der Waals surface area contributed by atoms with Gasteiger partial charge in [-0.2, -0.15) is 13.2 Å². The lowest BCUT2D eigenvalue weighted by Crippen LogP contribution is -2.36. The van der Waals surface area contributed by atoms with E-state index < -0.39 is 17.8 Å². The molecular formula is C26H29F3N4O2. The molecule has 9 heteroatoms. The first-order valence-corrected chi connectivity index (χ1v) is 11.6. The number of rotatable bonds is 5. The van der Waals surface area contributed by atoms with Crippen molar-refractivity contribution in [3.63, 3.8) is 0 Å². The minimum Gasteiger partial charge on any atom is -0.496 e. The molecule has 2 aromatic carbocycles. The van der Waals surface area contributed by atoms with Gasteiger partial charge in [-0.1, -0.05) is 12.1 Å². The van der Waals surface area contributed by atoms with Crippen LogP contribution in [0.5, 0.6) is 5.75 Å². The molecule has 1 amide bonds. The third-order valence-corrected chi connectivity index (χ3v) is 6.61. The maximum Gasteiger partial charge on any atom is 0.416 e. The van der Waals surface area contributed by atoms with Crippen molar-refractivity contribution < 1.29 is 22.7 Å². The number of hydrogen-bond donors (Lipinski definition) is 1. The molecule has 0 saturated carbocycles. The molecule has 0 spiro atoms. The molecule has 1 aliphatic rings. The maximum absolute atomic E-state index is 13.2. The van der Waals surface area contributed by atoms with Crippen LogP contribution < -0.4 is 10.1 Å². The summed E-state index contributed by atoms with van der Waals surface area (Å²) < 4.78 is 45.3. The number of hydrogen-bond acceptors (Lipinski definition) is 5. The first-order chi connectivity index (χ1) is 16.6. The molecule has 6 nitrogen and oxygen atoms in total. The Morgan fingerprint density at radius 3 is 2.51 bits per heavy atom. The van der Waals surface area contributed by atoms with Crippen LogP contribution in [-0.4, -0.2) is 41.0 Å². The number of nitrogens with zero attached hydrogens (tertiary/aromatic N) is 3. The van der Waals surface area contributed by atoms with E-state index in [1.807, 2.05) is 17.0 Å². The molecule has 35 heavy (non-hydrogen) atoms. The summed E-state index contributed by atoms with van der Waals surface area (Å²) in [6, 6.07) is 8.79. The first kappa shape index (κ1) is 24.8. The SMILES string of the molecule is COc1cc2nc(C)nc(N[C@H](C)c3cccc(C(F)(F)F)c3)c2cc1C1CCN(C(C)=O)CC1. The van der Waals surface area contributed by atoms with Gasteiger partial charge in [0, 0.05) is 37.5 Å². The van der Waals surface area contributed by atoms with Crippen LogP contribution in [-0.2, 0) is 11.0 Å². The normalized spacial score (nSPS) is 15.8. The van der Waals surface area contributed by atoms with E-state index in [1.54, 1.807) is 33.9 Å². The van der Waals surface area contributed by atoms with Crippen LogP contribution in [0.2, 0.25) is 0 Å². The molecule has 2 heterocycles. The van der Waals surface area contributed by atoms with Gasteiger partial charge in [-0.3, -0.25) is 4.79 Å². The predicted octanol–water partition coefficient (Wildman–Crippen LogP) is 5.86. The van der Waals surface area contributed by atoms with E-state index in [0.717, 1.165) is 41.7 Å². The number of amides is 1. The average Bonchev–Trinajstić information content (AvgIpc) is 2.82. The fourth-order valence-corrected chi connectivity index (χ4v) is 4.67. The maximum atomic E-state index is 13.2. The van der Waals surface area contributed by atoms with Crippen LogP contribution in [0, 0.1) is 6.92 Å². The summed E-state index contributed by atoms with van der Waals surface area (Å²) in [7, 11) is 1.62. The Balaban J connectivity index is 1.69. The van der Waals surface area contributed by atoms with Gasteiger partial charge in [0.2, 0.25) is 5.91 Å². The molecule has 1 aliphatic heterocycles. The Bertz CT molecular complexity index is 1240. The lowest BCUT2D eigenvalue weighted by Gasteiger charge is -2.32. The molecule has 4 rings (SSSR count). The van der Waals surface area contributed by atoms with Crippen LogP contribution in [0.4, 0.5) is 19.0 Å². The fourth-order valence-electron chi connectivity index (χ4n) is 4.67. The Morgan fingerprint density at radius 2 is 1.89 bits per heavy atom. The second kappa shape index (κ2) is 9.71. The molecule has 0 unspecified atom stereocenters. The highest BCUT2D eigenvalue weighted by Gasteiger charge is 2.31. The van der Waals surface area contributed by atoms with E-state index in [-0.39, 0.29) is 11.8 Å². The summed E-state index contributed by atoms with van der Waals surface area (Å²) in [5.74, 6) is 2.12. The van der Waals surface area contributed by atoms with Gasteiger partial charge in [0.15, 0.2) is 0 Å². The Labute approximate surface area is 202 Å². The van der Waals surface area contributed by atoms with E-state index in [4.69, 9.17) is 4.74 Å². The van der Waals surface area contributed by atoms with Crippen molar-refractivity contribution in [1.82, 2.24) is 14.9 Å². The number of carbonyl (C=O) groups is 1. The highest BCUT2D eigenvalue weighted by atomic mass is 19.4. The first-order valence-electron chi connectivity index (χ1n) is 11.6. The second-order valence-electron chi connectivity index (χ2n) is 9.00. The largest absolute Gasteiger partial charge is 0.496 e. The van der Waals surface area contributed by atoms with Gasteiger partial charge >= 0.3 is 6.18 Å². The minimum absolute atomic E-state index is 0.0767. The summed E-state index contributed by atoms with van der Waals surface area (Å²) in [6.07, 6.45) is -2.77. The van der Waals surface area contributed by atoms with Gasteiger partial charge in [-0.05, 0) is 61.9 Å². The number of halogens is 3.